The van der Waals surface area contributed by atoms with Crippen LogP contribution < -0.4 is 5.32 Å². The molecule has 2 rings (SSSR count). The topological polar surface area (TPSA) is 42.0 Å². The quantitative estimate of drug-likeness (QED) is 0.833. The maximum absolute atomic E-state index is 11.8. The van der Waals surface area contributed by atoms with Crippen molar-refractivity contribution in [2.75, 3.05) is 12.3 Å². The highest BCUT2D eigenvalue weighted by atomic mass is 32.2. The molecular weight excluding hydrogens is 288 g/mol. The van der Waals surface area contributed by atoms with Gasteiger partial charge in [-0.2, -0.15) is 0 Å². The van der Waals surface area contributed by atoms with E-state index >= 15 is 0 Å². The van der Waals surface area contributed by atoms with Crippen LogP contribution in [-0.2, 0) is 11.2 Å². The number of thiazole rings is 1. The summed E-state index contributed by atoms with van der Waals surface area (Å²) in [7, 11) is 0. The fraction of sp³-hybridized carbons (Fsp3) is 0.333. The van der Waals surface area contributed by atoms with Gasteiger partial charge in [-0.05, 0) is 26.0 Å². The number of carbonyl (C=O) groups is 1. The van der Waals surface area contributed by atoms with Crippen molar-refractivity contribution >= 4 is 29.0 Å². The zero-order valence-corrected chi connectivity index (χ0v) is 13.3. The molecule has 5 heteroatoms. The number of thioether (sulfide) groups is 1. The van der Waals surface area contributed by atoms with Crippen molar-refractivity contribution in [2.45, 2.75) is 25.2 Å². The lowest BCUT2D eigenvalue weighted by molar-refractivity contribution is -0.118. The molecule has 0 bridgehead atoms. The van der Waals surface area contributed by atoms with E-state index in [2.05, 4.69) is 10.3 Å². The highest BCUT2D eigenvalue weighted by Crippen LogP contribution is 2.18. The first-order chi connectivity index (χ1) is 9.65. The standard InChI is InChI=1S/C15H18N2OS2/c1-11-14(20-12(2)17-11)8-9-16-15(18)10-19-13-6-4-3-5-7-13/h3-7H,8-10H2,1-2H3,(H,16,18). The van der Waals surface area contributed by atoms with E-state index in [1.165, 1.54) is 4.88 Å². The number of aromatic nitrogens is 1. The molecule has 2 aromatic rings. The minimum Gasteiger partial charge on any atom is -0.355 e. The molecule has 1 aromatic carbocycles. The third-order valence-electron chi connectivity index (χ3n) is 2.79. The van der Waals surface area contributed by atoms with Crippen molar-refractivity contribution in [1.82, 2.24) is 10.3 Å². The van der Waals surface area contributed by atoms with Crippen LogP contribution in [0.4, 0.5) is 0 Å². The van der Waals surface area contributed by atoms with E-state index in [0.717, 1.165) is 22.0 Å². The number of nitrogens with zero attached hydrogens (tertiary/aromatic N) is 1. The summed E-state index contributed by atoms with van der Waals surface area (Å²) >= 11 is 3.27. The summed E-state index contributed by atoms with van der Waals surface area (Å²) in [5.41, 5.74) is 1.08. The van der Waals surface area contributed by atoms with Crippen LogP contribution in [0, 0.1) is 13.8 Å². The summed E-state index contributed by atoms with van der Waals surface area (Å²) < 4.78 is 0. The van der Waals surface area contributed by atoms with Crippen LogP contribution in [0.3, 0.4) is 0 Å². The average molecular weight is 306 g/mol. The van der Waals surface area contributed by atoms with Crippen LogP contribution in [0.15, 0.2) is 35.2 Å². The van der Waals surface area contributed by atoms with Gasteiger partial charge in [-0.1, -0.05) is 18.2 Å². The van der Waals surface area contributed by atoms with E-state index in [-0.39, 0.29) is 5.91 Å². The third kappa shape index (κ3) is 4.65. The Kier molecular flexibility index (Phi) is 5.61. The molecule has 0 fully saturated rings. The van der Waals surface area contributed by atoms with Gasteiger partial charge in [-0.15, -0.1) is 23.1 Å². The van der Waals surface area contributed by atoms with Gasteiger partial charge in [0.2, 0.25) is 5.91 Å². The molecular formula is C15H18N2OS2. The Hall–Kier alpha value is -1.33. The van der Waals surface area contributed by atoms with E-state index in [1.54, 1.807) is 23.1 Å². The number of amides is 1. The molecule has 0 spiro atoms. The number of aryl methyl sites for hydroxylation is 2. The molecule has 0 atom stereocenters. The van der Waals surface area contributed by atoms with Gasteiger partial charge in [0, 0.05) is 22.7 Å². The lowest BCUT2D eigenvalue weighted by Gasteiger charge is -2.04. The van der Waals surface area contributed by atoms with Crippen molar-refractivity contribution in [3.05, 3.63) is 45.9 Å². The van der Waals surface area contributed by atoms with Crippen LogP contribution in [0.25, 0.3) is 0 Å². The van der Waals surface area contributed by atoms with Gasteiger partial charge < -0.3 is 5.32 Å². The van der Waals surface area contributed by atoms with Gasteiger partial charge in [0.05, 0.1) is 16.5 Å². The normalized spacial score (nSPS) is 10.5. The maximum Gasteiger partial charge on any atom is 0.230 e. The summed E-state index contributed by atoms with van der Waals surface area (Å²) in [5, 5.41) is 4.04. The molecule has 0 aliphatic carbocycles. The zero-order valence-electron chi connectivity index (χ0n) is 11.7. The summed E-state index contributed by atoms with van der Waals surface area (Å²) in [6.07, 6.45) is 0.860. The monoisotopic (exact) mass is 306 g/mol. The van der Waals surface area contributed by atoms with E-state index in [0.29, 0.717) is 12.3 Å². The molecule has 0 unspecified atom stereocenters. The third-order valence-corrected chi connectivity index (χ3v) is 4.93. The minimum atomic E-state index is 0.0812. The molecule has 1 amide bonds. The molecule has 1 heterocycles. The SMILES string of the molecule is Cc1nc(C)c(CCNC(=O)CSc2ccccc2)s1. The van der Waals surface area contributed by atoms with E-state index < -0.39 is 0 Å². The highest BCUT2D eigenvalue weighted by Gasteiger charge is 2.06. The minimum absolute atomic E-state index is 0.0812. The Morgan fingerprint density at radius 1 is 1.30 bits per heavy atom. The van der Waals surface area contributed by atoms with Gasteiger partial charge in [-0.25, -0.2) is 4.98 Å². The summed E-state index contributed by atoms with van der Waals surface area (Å²) in [6.45, 7) is 4.71. The summed E-state index contributed by atoms with van der Waals surface area (Å²) in [5.74, 6) is 0.544. The molecule has 1 aromatic heterocycles. The Balaban J connectivity index is 1.69. The Bertz CT molecular complexity index is 567. The molecule has 0 aliphatic rings. The van der Waals surface area contributed by atoms with Crippen LogP contribution in [0.1, 0.15) is 15.6 Å². The first kappa shape index (κ1) is 15.1. The maximum atomic E-state index is 11.8. The average Bonchev–Trinajstić information content (AvgIpc) is 2.76. The number of hydrogen-bond donors (Lipinski definition) is 1. The van der Waals surface area contributed by atoms with Crippen molar-refractivity contribution < 1.29 is 4.79 Å². The Labute approximate surface area is 127 Å². The van der Waals surface area contributed by atoms with Crippen LogP contribution in [0.2, 0.25) is 0 Å². The van der Waals surface area contributed by atoms with Gasteiger partial charge in [0.25, 0.3) is 0 Å². The molecule has 0 aliphatic heterocycles. The molecule has 3 nitrogen and oxygen atoms in total. The molecule has 1 N–H and O–H groups in total. The summed E-state index contributed by atoms with van der Waals surface area (Å²) in [4.78, 5) is 18.5. The predicted octanol–water partition coefficient (Wildman–Crippen LogP) is 3.21. The second-order valence-electron chi connectivity index (χ2n) is 4.44. The van der Waals surface area contributed by atoms with Crippen LogP contribution >= 0.6 is 23.1 Å². The number of hydrogen-bond acceptors (Lipinski definition) is 4. The van der Waals surface area contributed by atoms with Crippen LogP contribution in [0.5, 0.6) is 0 Å². The Morgan fingerprint density at radius 2 is 2.05 bits per heavy atom. The fourth-order valence-corrected chi connectivity index (χ4v) is 3.52. The largest absolute Gasteiger partial charge is 0.355 e. The lowest BCUT2D eigenvalue weighted by Crippen LogP contribution is -2.27. The first-order valence-electron chi connectivity index (χ1n) is 6.52. The number of carbonyl (C=O) groups excluding carboxylic acids is 1. The second-order valence-corrected chi connectivity index (χ2v) is 6.78. The highest BCUT2D eigenvalue weighted by molar-refractivity contribution is 8.00. The van der Waals surface area contributed by atoms with Crippen molar-refractivity contribution in [1.29, 1.82) is 0 Å². The molecule has 20 heavy (non-hydrogen) atoms. The number of nitrogens with one attached hydrogen (secondary N) is 1. The van der Waals surface area contributed by atoms with Crippen molar-refractivity contribution in [2.24, 2.45) is 0 Å². The lowest BCUT2D eigenvalue weighted by atomic mass is 10.3. The Morgan fingerprint density at radius 3 is 2.70 bits per heavy atom. The van der Waals surface area contributed by atoms with Crippen molar-refractivity contribution in [3.63, 3.8) is 0 Å². The smallest absolute Gasteiger partial charge is 0.230 e. The zero-order chi connectivity index (χ0) is 14.4. The molecule has 0 saturated heterocycles. The molecule has 0 radical (unpaired) electrons. The van der Waals surface area contributed by atoms with Gasteiger partial charge >= 0.3 is 0 Å². The molecule has 0 saturated carbocycles. The molecule has 106 valence electrons. The first-order valence-corrected chi connectivity index (χ1v) is 8.33. The summed E-state index contributed by atoms with van der Waals surface area (Å²) in [6, 6.07) is 9.97. The fourth-order valence-electron chi connectivity index (χ4n) is 1.84. The van der Waals surface area contributed by atoms with E-state index in [1.807, 2.05) is 44.2 Å². The van der Waals surface area contributed by atoms with Gasteiger partial charge in [-0.3, -0.25) is 4.79 Å². The van der Waals surface area contributed by atoms with Crippen LogP contribution in [-0.4, -0.2) is 23.2 Å². The number of rotatable bonds is 6. The predicted molar refractivity (Wildman–Crippen MR) is 85.5 cm³/mol. The van der Waals surface area contributed by atoms with E-state index in [4.69, 9.17) is 0 Å². The van der Waals surface area contributed by atoms with E-state index in [9.17, 15) is 4.79 Å². The number of benzene rings is 1. The van der Waals surface area contributed by atoms with Gasteiger partial charge in [0.15, 0.2) is 0 Å². The second kappa shape index (κ2) is 7.45. The van der Waals surface area contributed by atoms with Gasteiger partial charge in [0.1, 0.15) is 0 Å². The van der Waals surface area contributed by atoms with Crippen molar-refractivity contribution in [3.8, 4) is 0 Å².